The highest BCUT2D eigenvalue weighted by molar-refractivity contribution is 5.70. The Morgan fingerprint density at radius 3 is 2.20 bits per heavy atom. The van der Waals surface area contributed by atoms with Crippen LogP contribution in [0.3, 0.4) is 0 Å². The molecule has 0 aromatic heterocycles. The predicted molar refractivity (Wildman–Crippen MR) is 82.6 cm³/mol. The minimum atomic E-state index is -0.632. The molecular weight excluding hydrogens is 248 g/mol. The van der Waals surface area contributed by atoms with Gasteiger partial charge in [-0.05, 0) is 49.4 Å². The Bertz CT molecular complexity index is 379. The van der Waals surface area contributed by atoms with Crippen LogP contribution in [-0.4, -0.2) is 11.1 Å². The number of rotatable bonds is 5. The van der Waals surface area contributed by atoms with Gasteiger partial charge in [0, 0.05) is 0 Å². The summed E-state index contributed by atoms with van der Waals surface area (Å²) in [6, 6.07) is 0. The van der Waals surface area contributed by atoms with Gasteiger partial charge in [0.05, 0.1) is 5.92 Å². The molecule has 0 aromatic carbocycles. The first-order valence-corrected chi connectivity index (χ1v) is 8.05. The molecule has 2 aliphatic rings. The minimum absolute atomic E-state index is 0.00678. The molecule has 2 nitrogen and oxygen atoms in total. The minimum Gasteiger partial charge on any atom is -0.481 e. The SMILES string of the molecule is C=CC1(CC2(C=C)CCCC(C(=O)O)C2)CCCCC1. The van der Waals surface area contributed by atoms with Gasteiger partial charge in [0.25, 0.3) is 0 Å². The lowest BCUT2D eigenvalue weighted by Crippen LogP contribution is -2.36. The summed E-state index contributed by atoms with van der Waals surface area (Å²) in [5, 5.41) is 9.34. The van der Waals surface area contributed by atoms with Crippen molar-refractivity contribution in [3.8, 4) is 0 Å². The lowest BCUT2D eigenvalue weighted by atomic mass is 9.59. The second-order valence-corrected chi connectivity index (χ2v) is 7.00. The molecule has 20 heavy (non-hydrogen) atoms. The first kappa shape index (κ1) is 15.3. The highest BCUT2D eigenvalue weighted by atomic mass is 16.4. The summed E-state index contributed by atoms with van der Waals surface area (Å²) in [5.74, 6) is -0.820. The van der Waals surface area contributed by atoms with Crippen LogP contribution in [0.25, 0.3) is 0 Å². The summed E-state index contributed by atoms with van der Waals surface area (Å²) in [6.07, 6.45) is 15.3. The summed E-state index contributed by atoms with van der Waals surface area (Å²) in [5.41, 5.74) is 0.222. The first-order valence-electron chi connectivity index (χ1n) is 8.05. The van der Waals surface area contributed by atoms with Crippen molar-refractivity contribution in [2.75, 3.05) is 0 Å². The average Bonchev–Trinajstić information content (AvgIpc) is 2.48. The molecular formula is C18H28O2. The van der Waals surface area contributed by atoms with Crippen molar-refractivity contribution in [2.45, 2.75) is 64.2 Å². The van der Waals surface area contributed by atoms with Gasteiger partial charge in [-0.3, -0.25) is 4.79 Å². The van der Waals surface area contributed by atoms with Gasteiger partial charge in [-0.2, -0.15) is 0 Å². The topological polar surface area (TPSA) is 37.3 Å². The zero-order valence-electron chi connectivity index (χ0n) is 12.6. The average molecular weight is 276 g/mol. The van der Waals surface area contributed by atoms with Crippen molar-refractivity contribution in [3.63, 3.8) is 0 Å². The smallest absolute Gasteiger partial charge is 0.306 e. The molecule has 0 heterocycles. The van der Waals surface area contributed by atoms with Gasteiger partial charge in [-0.1, -0.05) is 37.8 Å². The van der Waals surface area contributed by atoms with E-state index in [0.29, 0.717) is 0 Å². The maximum atomic E-state index is 11.3. The van der Waals surface area contributed by atoms with Gasteiger partial charge in [0.15, 0.2) is 0 Å². The second-order valence-electron chi connectivity index (χ2n) is 7.00. The third-order valence-corrected chi connectivity index (χ3v) is 5.65. The zero-order valence-corrected chi connectivity index (χ0v) is 12.6. The molecule has 0 radical (unpaired) electrons. The Kier molecular flexibility index (Phi) is 4.72. The fourth-order valence-electron chi connectivity index (χ4n) is 4.43. The largest absolute Gasteiger partial charge is 0.481 e. The molecule has 2 heteroatoms. The highest BCUT2D eigenvalue weighted by Gasteiger charge is 2.42. The van der Waals surface area contributed by atoms with E-state index in [4.69, 9.17) is 0 Å². The number of carboxylic acids is 1. The summed E-state index contributed by atoms with van der Waals surface area (Å²) in [7, 11) is 0. The molecule has 2 atom stereocenters. The summed E-state index contributed by atoms with van der Waals surface area (Å²) in [6.45, 7) is 8.14. The van der Waals surface area contributed by atoms with Gasteiger partial charge in [-0.25, -0.2) is 0 Å². The van der Waals surface area contributed by atoms with E-state index in [1.165, 1.54) is 32.1 Å². The summed E-state index contributed by atoms with van der Waals surface area (Å²) < 4.78 is 0. The van der Waals surface area contributed by atoms with E-state index in [0.717, 1.165) is 32.1 Å². The van der Waals surface area contributed by atoms with Crippen molar-refractivity contribution in [3.05, 3.63) is 25.3 Å². The van der Waals surface area contributed by atoms with Crippen LogP contribution in [0.5, 0.6) is 0 Å². The molecule has 2 rings (SSSR count). The van der Waals surface area contributed by atoms with E-state index in [9.17, 15) is 9.90 Å². The Hall–Kier alpha value is -1.05. The molecule has 0 spiro atoms. The van der Waals surface area contributed by atoms with Crippen LogP contribution >= 0.6 is 0 Å². The number of allylic oxidation sites excluding steroid dienone is 2. The molecule has 0 saturated heterocycles. The summed E-state index contributed by atoms with van der Waals surface area (Å²) in [4.78, 5) is 11.3. The predicted octanol–water partition coefficient (Wildman–Crippen LogP) is 4.96. The fraction of sp³-hybridized carbons (Fsp3) is 0.722. The van der Waals surface area contributed by atoms with Crippen molar-refractivity contribution < 1.29 is 9.90 Å². The number of carboxylic acid groups (broad SMARTS) is 1. The molecule has 2 aliphatic carbocycles. The van der Waals surface area contributed by atoms with E-state index in [2.05, 4.69) is 25.3 Å². The van der Waals surface area contributed by atoms with Crippen LogP contribution in [0.1, 0.15) is 64.2 Å². The zero-order chi connectivity index (χ0) is 14.6. The molecule has 0 aliphatic heterocycles. The van der Waals surface area contributed by atoms with E-state index in [1.54, 1.807) is 0 Å². The van der Waals surface area contributed by atoms with Crippen LogP contribution in [0.4, 0.5) is 0 Å². The molecule has 2 saturated carbocycles. The molecule has 2 unspecified atom stereocenters. The maximum Gasteiger partial charge on any atom is 0.306 e. The van der Waals surface area contributed by atoms with Gasteiger partial charge in [0.1, 0.15) is 0 Å². The molecule has 2 fully saturated rings. The molecule has 0 amide bonds. The van der Waals surface area contributed by atoms with E-state index in [-0.39, 0.29) is 16.7 Å². The quantitative estimate of drug-likeness (QED) is 0.720. The van der Waals surface area contributed by atoms with E-state index < -0.39 is 5.97 Å². The van der Waals surface area contributed by atoms with Gasteiger partial charge < -0.3 is 5.11 Å². The van der Waals surface area contributed by atoms with Gasteiger partial charge in [0.2, 0.25) is 0 Å². The number of aliphatic carboxylic acids is 1. The lowest BCUT2D eigenvalue weighted by molar-refractivity contribution is -0.144. The third kappa shape index (κ3) is 3.16. The van der Waals surface area contributed by atoms with E-state index in [1.807, 2.05) is 0 Å². The monoisotopic (exact) mass is 276 g/mol. The van der Waals surface area contributed by atoms with Crippen molar-refractivity contribution >= 4 is 5.97 Å². The maximum absolute atomic E-state index is 11.3. The molecule has 1 N–H and O–H groups in total. The second kappa shape index (κ2) is 6.15. The Balaban J connectivity index is 2.15. The summed E-state index contributed by atoms with van der Waals surface area (Å²) >= 11 is 0. The van der Waals surface area contributed by atoms with Crippen LogP contribution in [0.15, 0.2) is 25.3 Å². The van der Waals surface area contributed by atoms with Crippen molar-refractivity contribution in [1.82, 2.24) is 0 Å². The molecule has 112 valence electrons. The number of hydrogen-bond donors (Lipinski definition) is 1. The Morgan fingerprint density at radius 2 is 1.65 bits per heavy atom. The fourth-order valence-corrected chi connectivity index (χ4v) is 4.43. The van der Waals surface area contributed by atoms with Crippen molar-refractivity contribution in [1.29, 1.82) is 0 Å². The number of carbonyl (C=O) groups is 1. The third-order valence-electron chi connectivity index (χ3n) is 5.65. The van der Waals surface area contributed by atoms with Crippen LogP contribution < -0.4 is 0 Å². The number of hydrogen-bond acceptors (Lipinski definition) is 1. The van der Waals surface area contributed by atoms with E-state index >= 15 is 0 Å². The van der Waals surface area contributed by atoms with Crippen LogP contribution in [0, 0.1) is 16.7 Å². The van der Waals surface area contributed by atoms with Crippen LogP contribution in [0.2, 0.25) is 0 Å². The van der Waals surface area contributed by atoms with Crippen LogP contribution in [-0.2, 0) is 4.79 Å². The standard InChI is InChI=1S/C18H28O2/c1-3-17(10-6-5-7-11-17)14-18(4-2)12-8-9-15(13-18)16(19)20/h3-4,15H,1-2,5-14H2,(H,19,20). The van der Waals surface area contributed by atoms with Gasteiger partial charge in [-0.15, -0.1) is 13.2 Å². The normalized spacial score (nSPS) is 33.3. The lowest BCUT2D eigenvalue weighted by Gasteiger charge is -2.46. The molecule has 0 aromatic rings. The first-order chi connectivity index (χ1) is 9.55. The Labute approximate surface area is 123 Å². The Morgan fingerprint density at radius 1 is 1.05 bits per heavy atom. The molecule has 0 bridgehead atoms. The van der Waals surface area contributed by atoms with Crippen molar-refractivity contribution in [2.24, 2.45) is 16.7 Å². The highest BCUT2D eigenvalue weighted by Crippen LogP contribution is 2.52. The van der Waals surface area contributed by atoms with Gasteiger partial charge >= 0.3 is 5.97 Å².